The summed E-state index contributed by atoms with van der Waals surface area (Å²) >= 11 is 1.94. The Morgan fingerprint density at radius 3 is 2.88 bits per heavy atom. The molecular formula is C13H15NOS. The minimum Gasteiger partial charge on any atom is -0.330 e. The van der Waals surface area contributed by atoms with Crippen molar-refractivity contribution < 1.29 is 4.79 Å². The van der Waals surface area contributed by atoms with Gasteiger partial charge in [-0.25, -0.2) is 0 Å². The fourth-order valence-electron chi connectivity index (χ4n) is 2.62. The highest BCUT2D eigenvalue weighted by atomic mass is 32.2. The molecule has 1 aromatic rings. The Hall–Kier alpha value is -0.960. The van der Waals surface area contributed by atoms with Crippen LogP contribution in [0.1, 0.15) is 12.0 Å². The van der Waals surface area contributed by atoms with E-state index in [-0.39, 0.29) is 5.92 Å². The van der Waals surface area contributed by atoms with Gasteiger partial charge >= 0.3 is 0 Å². The van der Waals surface area contributed by atoms with E-state index in [1.54, 1.807) is 0 Å². The summed E-state index contributed by atoms with van der Waals surface area (Å²) in [6.07, 6.45) is 1.95. The Morgan fingerprint density at radius 2 is 2.12 bits per heavy atom. The maximum absolute atomic E-state index is 12.1. The van der Waals surface area contributed by atoms with Gasteiger partial charge in [-0.05, 0) is 18.4 Å². The largest absolute Gasteiger partial charge is 0.330 e. The number of nitrogens with zero attached hydrogens (tertiary/aromatic N) is 1. The standard InChI is InChI=1S/C13H15NOS/c15-13-11(8-10-4-2-1-3-5-10)9-12-14(13)6-7-16-12/h1-5,11-12H,6-9H2. The number of benzene rings is 1. The molecule has 0 spiro atoms. The van der Waals surface area contributed by atoms with Gasteiger partial charge in [-0.2, -0.15) is 0 Å². The van der Waals surface area contributed by atoms with Crippen LogP contribution in [0.15, 0.2) is 30.3 Å². The molecule has 0 radical (unpaired) electrons. The van der Waals surface area contributed by atoms with Crippen LogP contribution in [0.4, 0.5) is 0 Å². The van der Waals surface area contributed by atoms with Gasteiger partial charge in [0.1, 0.15) is 0 Å². The van der Waals surface area contributed by atoms with Crippen LogP contribution in [0.5, 0.6) is 0 Å². The Kier molecular flexibility index (Phi) is 2.64. The first-order chi connectivity index (χ1) is 7.84. The van der Waals surface area contributed by atoms with E-state index in [1.165, 1.54) is 5.56 Å². The van der Waals surface area contributed by atoms with Gasteiger partial charge in [0.15, 0.2) is 0 Å². The van der Waals surface area contributed by atoms with Gasteiger partial charge in [0.05, 0.1) is 5.37 Å². The summed E-state index contributed by atoms with van der Waals surface area (Å²) < 4.78 is 0. The summed E-state index contributed by atoms with van der Waals surface area (Å²) in [5.74, 6) is 1.72. The van der Waals surface area contributed by atoms with E-state index in [9.17, 15) is 4.79 Å². The second-order valence-corrected chi connectivity index (χ2v) is 5.77. The average molecular weight is 233 g/mol. The van der Waals surface area contributed by atoms with E-state index in [0.29, 0.717) is 11.3 Å². The van der Waals surface area contributed by atoms with Gasteiger partial charge < -0.3 is 4.90 Å². The van der Waals surface area contributed by atoms with Crippen molar-refractivity contribution in [3.8, 4) is 0 Å². The monoisotopic (exact) mass is 233 g/mol. The third-order valence-corrected chi connectivity index (χ3v) is 4.68. The van der Waals surface area contributed by atoms with Crippen LogP contribution in [-0.4, -0.2) is 28.5 Å². The molecule has 1 amide bonds. The van der Waals surface area contributed by atoms with Crippen LogP contribution in [0.2, 0.25) is 0 Å². The highest BCUT2D eigenvalue weighted by Gasteiger charge is 2.42. The molecule has 16 heavy (non-hydrogen) atoms. The summed E-state index contributed by atoms with van der Waals surface area (Å²) in [5, 5.41) is 0.473. The van der Waals surface area contributed by atoms with Gasteiger partial charge in [0.25, 0.3) is 0 Å². The van der Waals surface area contributed by atoms with Crippen molar-refractivity contribution in [1.82, 2.24) is 4.90 Å². The minimum atomic E-state index is 0.222. The van der Waals surface area contributed by atoms with Crippen molar-refractivity contribution in [1.29, 1.82) is 0 Å². The molecule has 2 heterocycles. The SMILES string of the molecule is O=C1C(Cc2ccccc2)CC2SCCN12. The quantitative estimate of drug-likeness (QED) is 0.780. The molecule has 2 saturated heterocycles. The molecule has 84 valence electrons. The molecule has 3 rings (SSSR count). The number of hydrogen-bond donors (Lipinski definition) is 0. The molecule has 2 aliphatic rings. The van der Waals surface area contributed by atoms with Crippen molar-refractivity contribution in [3.05, 3.63) is 35.9 Å². The molecule has 0 saturated carbocycles. The van der Waals surface area contributed by atoms with Crippen LogP contribution >= 0.6 is 11.8 Å². The highest BCUT2D eigenvalue weighted by Crippen LogP contribution is 2.37. The van der Waals surface area contributed by atoms with E-state index < -0.39 is 0 Å². The van der Waals surface area contributed by atoms with E-state index in [0.717, 1.165) is 25.1 Å². The lowest BCUT2D eigenvalue weighted by Gasteiger charge is -2.13. The third-order valence-electron chi connectivity index (χ3n) is 3.43. The molecular weight excluding hydrogens is 218 g/mol. The second kappa shape index (κ2) is 4.13. The van der Waals surface area contributed by atoms with Gasteiger partial charge in [-0.3, -0.25) is 4.79 Å². The predicted octanol–water partition coefficient (Wildman–Crippen LogP) is 2.15. The average Bonchev–Trinajstić information content (AvgIpc) is 2.86. The third kappa shape index (κ3) is 1.73. The fraction of sp³-hybridized carbons (Fsp3) is 0.462. The molecule has 2 fully saturated rings. The number of rotatable bonds is 2. The fourth-order valence-corrected chi connectivity index (χ4v) is 3.95. The Labute approximate surface area is 100 Å². The molecule has 0 aromatic heterocycles. The predicted molar refractivity (Wildman–Crippen MR) is 66.2 cm³/mol. The normalized spacial score (nSPS) is 28.5. The van der Waals surface area contributed by atoms with Crippen LogP contribution in [0, 0.1) is 5.92 Å². The van der Waals surface area contributed by atoms with E-state index in [1.807, 2.05) is 30.0 Å². The topological polar surface area (TPSA) is 20.3 Å². The summed E-state index contributed by atoms with van der Waals surface area (Å²) in [6.45, 7) is 0.958. The lowest BCUT2D eigenvalue weighted by Crippen LogP contribution is -2.29. The maximum Gasteiger partial charge on any atom is 0.227 e. The van der Waals surface area contributed by atoms with Crippen molar-refractivity contribution in [3.63, 3.8) is 0 Å². The zero-order valence-electron chi connectivity index (χ0n) is 9.13. The lowest BCUT2D eigenvalue weighted by molar-refractivity contribution is -0.130. The molecule has 0 bridgehead atoms. The van der Waals surface area contributed by atoms with E-state index in [4.69, 9.17) is 0 Å². The first-order valence-corrected chi connectivity index (χ1v) is 6.85. The van der Waals surface area contributed by atoms with Gasteiger partial charge in [0.2, 0.25) is 5.91 Å². The van der Waals surface area contributed by atoms with Crippen LogP contribution in [0.3, 0.4) is 0 Å². The summed E-state index contributed by atoms with van der Waals surface area (Å²) in [7, 11) is 0. The molecule has 2 aliphatic heterocycles. The zero-order valence-corrected chi connectivity index (χ0v) is 9.95. The van der Waals surface area contributed by atoms with Crippen LogP contribution in [-0.2, 0) is 11.2 Å². The number of carbonyl (C=O) groups is 1. The first kappa shape index (κ1) is 10.2. The minimum absolute atomic E-state index is 0.222. The molecule has 2 atom stereocenters. The molecule has 3 heteroatoms. The van der Waals surface area contributed by atoms with Crippen LogP contribution < -0.4 is 0 Å². The van der Waals surface area contributed by atoms with Crippen molar-refractivity contribution in [2.45, 2.75) is 18.2 Å². The number of hydrogen-bond acceptors (Lipinski definition) is 2. The molecule has 1 aromatic carbocycles. The summed E-state index contributed by atoms with van der Waals surface area (Å²) in [4.78, 5) is 14.2. The molecule has 0 aliphatic carbocycles. The summed E-state index contributed by atoms with van der Waals surface area (Å²) in [6, 6.07) is 10.3. The van der Waals surface area contributed by atoms with Crippen molar-refractivity contribution in [2.24, 2.45) is 5.92 Å². The second-order valence-electron chi connectivity index (χ2n) is 4.48. The lowest BCUT2D eigenvalue weighted by atomic mass is 9.98. The summed E-state index contributed by atoms with van der Waals surface area (Å²) in [5.41, 5.74) is 1.28. The van der Waals surface area contributed by atoms with Gasteiger partial charge in [0, 0.05) is 18.2 Å². The number of carbonyl (C=O) groups excluding carboxylic acids is 1. The van der Waals surface area contributed by atoms with Gasteiger partial charge in [-0.1, -0.05) is 30.3 Å². The number of amides is 1. The van der Waals surface area contributed by atoms with E-state index >= 15 is 0 Å². The smallest absolute Gasteiger partial charge is 0.227 e. The Balaban J connectivity index is 1.71. The zero-order chi connectivity index (χ0) is 11.0. The highest BCUT2D eigenvalue weighted by molar-refractivity contribution is 8.00. The Bertz CT molecular complexity index is 392. The Morgan fingerprint density at radius 1 is 1.31 bits per heavy atom. The van der Waals surface area contributed by atoms with Crippen molar-refractivity contribution in [2.75, 3.05) is 12.3 Å². The van der Waals surface area contributed by atoms with Gasteiger partial charge in [-0.15, -0.1) is 11.8 Å². The number of thioether (sulfide) groups is 1. The maximum atomic E-state index is 12.1. The first-order valence-electron chi connectivity index (χ1n) is 5.80. The molecule has 0 N–H and O–H groups in total. The van der Waals surface area contributed by atoms with Crippen LogP contribution in [0.25, 0.3) is 0 Å². The van der Waals surface area contributed by atoms with E-state index in [2.05, 4.69) is 17.0 Å². The molecule has 2 unspecified atom stereocenters. The van der Waals surface area contributed by atoms with Crippen molar-refractivity contribution >= 4 is 17.7 Å². The number of fused-ring (bicyclic) bond motifs is 1. The molecule has 2 nitrogen and oxygen atoms in total.